The Labute approximate surface area is 206 Å². The molecule has 1 N–H and O–H groups in total. The first-order valence-electron chi connectivity index (χ1n) is 10.9. The number of hydrogen-bond donors (Lipinski definition) is 1. The first-order chi connectivity index (χ1) is 16.4. The van der Waals surface area contributed by atoms with Gasteiger partial charge in [0.25, 0.3) is 0 Å². The largest absolute Gasteiger partial charge is 0.504 e. The molecule has 1 fully saturated rings. The molecule has 9 nitrogen and oxygen atoms in total. The molecular formula is C23H26BrN2O7P. The molecule has 0 bridgehead atoms. The Kier molecular flexibility index (Phi) is 6.27. The topological polar surface area (TPSA) is 99.1 Å². The van der Waals surface area contributed by atoms with E-state index in [9.17, 15) is 9.67 Å². The highest BCUT2D eigenvalue weighted by molar-refractivity contribution is 9.10. The highest BCUT2D eigenvalue weighted by Crippen LogP contribution is 2.53. The van der Waals surface area contributed by atoms with Gasteiger partial charge in [0.2, 0.25) is 6.79 Å². The van der Waals surface area contributed by atoms with Crippen LogP contribution in [0.4, 0.5) is 0 Å². The van der Waals surface area contributed by atoms with Crippen molar-refractivity contribution in [2.75, 3.05) is 28.1 Å². The standard InChI is InChI=1S/C23H26BrN2O7P/c1-29-19-9-16-14(6-18(19)27)8-22(25-34(28,30-2)31-3)26(23(16)13-4-5-13)11-15-7-20-21(10-17(15)24)33-12-32-20/h6-7,9-10,13,23,27H,4-5,8,11-12H2,1-3H3/b25-22-. The van der Waals surface area contributed by atoms with E-state index in [0.29, 0.717) is 42.0 Å². The third-order valence-corrected chi connectivity index (χ3v) is 8.56. The number of benzene rings is 2. The highest BCUT2D eigenvalue weighted by Gasteiger charge is 2.43. The summed E-state index contributed by atoms with van der Waals surface area (Å²) in [5.74, 6) is 2.82. The fraction of sp³-hybridized carbons (Fsp3) is 0.435. The second kappa shape index (κ2) is 9.07. The molecular weight excluding hydrogens is 527 g/mol. The molecule has 2 heterocycles. The number of fused-ring (bicyclic) bond motifs is 2. The number of hydrogen-bond acceptors (Lipinski definition) is 7. The van der Waals surface area contributed by atoms with Crippen molar-refractivity contribution in [1.29, 1.82) is 0 Å². The molecule has 3 aliphatic rings. The Morgan fingerprint density at radius 3 is 2.50 bits per heavy atom. The van der Waals surface area contributed by atoms with Crippen molar-refractivity contribution in [2.45, 2.75) is 31.8 Å². The smallest absolute Gasteiger partial charge is 0.454 e. The van der Waals surface area contributed by atoms with Gasteiger partial charge in [0, 0.05) is 31.7 Å². The van der Waals surface area contributed by atoms with Crippen LogP contribution in [-0.2, 0) is 26.6 Å². The molecule has 1 saturated carbocycles. The fourth-order valence-electron chi connectivity index (χ4n) is 4.58. The number of nitrogens with zero attached hydrogens (tertiary/aromatic N) is 2. The molecule has 0 radical (unpaired) electrons. The predicted molar refractivity (Wildman–Crippen MR) is 129 cm³/mol. The van der Waals surface area contributed by atoms with E-state index in [2.05, 4.69) is 25.6 Å². The van der Waals surface area contributed by atoms with Crippen molar-refractivity contribution in [2.24, 2.45) is 10.7 Å². The Balaban J connectivity index is 1.64. The van der Waals surface area contributed by atoms with E-state index < -0.39 is 7.75 Å². The van der Waals surface area contributed by atoms with Gasteiger partial charge in [0.05, 0.1) is 13.2 Å². The molecule has 34 heavy (non-hydrogen) atoms. The van der Waals surface area contributed by atoms with Gasteiger partial charge < -0.3 is 24.2 Å². The zero-order valence-electron chi connectivity index (χ0n) is 19.1. The Morgan fingerprint density at radius 1 is 1.15 bits per heavy atom. The molecule has 0 spiro atoms. The molecule has 1 unspecified atom stereocenters. The van der Waals surface area contributed by atoms with Gasteiger partial charge in [-0.25, -0.2) is 4.57 Å². The summed E-state index contributed by atoms with van der Waals surface area (Å²) in [6, 6.07) is 7.41. The summed E-state index contributed by atoms with van der Waals surface area (Å²) in [5.41, 5.74) is 2.95. The van der Waals surface area contributed by atoms with Gasteiger partial charge in [-0.2, -0.15) is 4.76 Å². The second-order valence-electron chi connectivity index (χ2n) is 8.46. The maximum Gasteiger partial charge on any atom is 0.454 e. The summed E-state index contributed by atoms with van der Waals surface area (Å²) in [6.45, 7) is 0.668. The van der Waals surface area contributed by atoms with Gasteiger partial charge in [0.1, 0.15) is 5.84 Å². The van der Waals surface area contributed by atoms with E-state index in [-0.39, 0.29) is 18.6 Å². The van der Waals surface area contributed by atoms with E-state index >= 15 is 0 Å². The fourth-order valence-corrected chi connectivity index (χ4v) is 5.81. The van der Waals surface area contributed by atoms with Crippen LogP contribution in [0.2, 0.25) is 0 Å². The number of halogens is 1. The van der Waals surface area contributed by atoms with Crippen molar-refractivity contribution >= 4 is 29.5 Å². The third kappa shape index (κ3) is 4.28. The van der Waals surface area contributed by atoms with Crippen LogP contribution in [0.1, 0.15) is 35.6 Å². The monoisotopic (exact) mass is 552 g/mol. The average molecular weight is 553 g/mol. The second-order valence-corrected chi connectivity index (χ2v) is 11.2. The Bertz CT molecular complexity index is 1190. The van der Waals surface area contributed by atoms with Crippen LogP contribution in [0.5, 0.6) is 23.0 Å². The van der Waals surface area contributed by atoms with Crippen molar-refractivity contribution in [3.05, 3.63) is 45.4 Å². The normalized spacial score (nSPS) is 20.5. The van der Waals surface area contributed by atoms with Crippen molar-refractivity contribution in [3.63, 3.8) is 0 Å². The van der Waals surface area contributed by atoms with Gasteiger partial charge >= 0.3 is 7.75 Å². The van der Waals surface area contributed by atoms with Crippen LogP contribution in [-0.4, -0.2) is 44.0 Å². The minimum atomic E-state index is -3.69. The van der Waals surface area contributed by atoms with E-state index in [1.807, 2.05) is 18.2 Å². The number of methoxy groups -OCH3 is 1. The number of aromatic hydroxyl groups is 1. The lowest BCUT2D eigenvalue weighted by Crippen LogP contribution is -2.41. The molecule has 5 rings (SSSR count). The SMILES string of the molecule is COc1cc2c(cc1O)C/C(=N/P(=O)(OC)OC)N(Cc1cc3c(cc1Br)OCO3)C2C1CC1. The first-order valence-corrected chi connectivity index (χ1v) is 13.2. The summed E-state index contributed by atoms with van der Waals surface area (Å²) >= 11 is 3.66. The molecule has 182 valence electrons. The quantitative estimate of drug-likeness (QED) is 0.468. The lowest BCUT2D eigenvalue weighted by molar-refractivity contribution is 0.174. The van der Waals surface area contributed by atoms with Crippen molar-refractivity contribution < 1.29 is 32.9 Å². The Hall–Kier alpha value is -2.26. The van der Waals surface area contributed by atoms with Crippen LogP contribution in [0.15, 0.2) is 33.5 Å². The third-order valence-electron chi connectivity index (χ3n) is 6.43. The summed E-state index contributed by atoms with van der Waals surface area (Å²) in [4.78, 5) is 2.16. The van der Waals surface area contributed by atoms with Crippen LogP contribution in [0.25, 0.3) is 0 Å². The predicted octanol–water partition coefficient (Wildman–Crippen LogP) is 5.20. The average Bonchev–Trinajstić information content (AvgIpc) is 3.57. The van der Waals surface area contributed by atoms with Gasteiger partial charge in [0.15, 0.2) is 23.0 Å². The number of phenols is 1. The molecule has 0 saturated heterocycles. The van der Waals surface area contributed by atoms with Crippen molar-refractivity contribution in [1.82, 2.24) is 4.90 Å². The van der Waals surface area contributed by atoms with Crippen LogP contribution in [0, 0.1) is 5.92 Å². The summed E-state index contributed by atoms with van der Waals surface area (Å²) in [6.07, 6.45) is 2.48. The van der Waals surface area contributed by atoms with Gasteiger partial charge in [-0.1, -0.05) is 15.9 Å². The van der Waals surface area contributed by atoms with Crippen LogP contribution >= 0.6 is 23.7 Å². The minimum Gasteiger partial charge on any atom is -0.504 e. The maximum absolute atomic E-state index is 13.0. The first kappa shape index (κ1) is 23.5. The highest BCUT2D eigenvalue weighted by atomic mass is 79.9. The molecule has 0 amide bonds. The molecule has 2 aromatic rings. The lowest BCUT2D eigenvalue weighted by atomic mass is 9.88. The van der Waals surface area contributed by atoms with Crippen molar-refractivity contribution in [3.8, 4) is 23.0 Å². The molecule has 11 heteroatoms. The molecule has 2 aromatic carbocycles. The van der Waals surface area contributed by atoms with E-state index in [1.165, 1.54) is 21.3 Å². The molecule has 0 aromatic heterocycles. The summed E-state index contributed by atoms with van der Waals surface area (Å²) < 4.78 is 45.2. The lowest BCUT2D eigenvalue weighted by Gasteiger charge is -2.40. The number of phenolic OH excluding ortho intramolecular Hbond substituents is 1. The van der Waals surface area contributed by atoms with Crippen LogP contribution < -0.4 is 14.2 Å². The molecule has 1 atom stereocenters. The minimum absolute atomic E-state index is 0.0449. The van der Waals surface area contributed by atoms with Crippen LogP contribution in [0.3, 0.4) is 0 Å². The maximum atomic E-state index is 13.0. The van der Waals surface area contributed by atoms with Gasteiger partial charge in [-0.05, 0) is 59.7 Å². The van der Waals surface area contributed by atoms with E-state index in [0.717, 1.165) is 34.0 Å². The van der Waals surface area contributed by atoms with E-state index in [1.54, 1.807) is 6.07 Å². The number of amidine groups is 1. The Morgan fingerprint density at radius 2 is 1.85 bits per heavy atom. The number of rotatable bonds is 7. The molecule has 2 aliphatic heterocycles. The van der Waals surface area contributed by atoms with E-state index in [4.69, 9.17) is 23.3 Å². The summed E-state index contributed by atoms with van der Waals surface area (Å²) in [7, 11) is 0.487. The zero-order chi connectivity index (χ0) is 24.0. The summed E-state index contributed by atoms with van der Waals surface area (Å²) in [5, 5.41) is 10.4. The molecule has 1 aliphatic carbocycles. The zero-order valence-corrected chi connectivity index (χ0v) is 21.6. The number of ether oxygens (including phenoxy) is 3. The van der Waals surface area contributed by atoms with Gasteiger partial charge in [-0.3, -0.25) is 9.05 Å². The van der Waals surface area contributed by atoms with Gasteiger partial charge in [-0.15, -0.1) is 0 Å².